The Labute approximate surface area is 100 Å². The molecular formula is C13H15NO3. The van der Waals surface area contributed by atoms with Gasteiger partial charge in [0.05, 0.1) is 0 Å². The summed E-state index contributed by atoms with van der Waals surface area (Å²) < 4.78 is 4.74. The fourth-order valence-electron chi connectivity index (χ4n) is 1.16. The molecule has 1 rings (SSSR count). The summed E-state index contributed by atoms with van der Waals surface area (Å²) in [6.07, 6.45) is 2.94. The van der Waals surface area contributed by atoms with Gasteiger partial charge >= 0.3 is 5.97 Å². The Morgan fingerprint density at radius 1 is 1.29 bits per heavy atom. The number of hydrogen-bond acceptors (Lipinski definition) is 3. The fourth-order valence-corrected chi connectivity index (χ4v) is 1.16. The van der Waals surface area contributed by atoms with E-state index in [-0.39, 0.29) is 12.5 Å². The van der Waals surface area contributed by atoms with Crippen LogP contribution in [0.15, 0.2) is 36.4 Å². The third kappa shape index (κ3) is 5.51. The first-order valence-electron chi connectivity index (χ1n) is 5.39. The molecule has 0 radical (unpaired) electrons. The van der Waals surface area contributed by atoms with Crippen molar-refractivity contribution in [3.05, 3.63) is 42.0 Å². The summed E-state index contributed by atoms with van der Waals surface area (Å²) in [7, 11) is 0. The lowest BCUT2D eigenvalue weighted by Crippen LogP contribution is -2.28. The van der Waals surface area contributed by atoms with Crippen LogP contribution in [0.3, 0.4) is 0 Å². The van der Waals surface area contributed by atoms with Gasteiger partial charge in [0.1, 0.15) is 0 Å². The van der Waals surface area contributed by atoms with Crippen LogP contribution in [0.1, 0.15) is 12.5 Å². The van der Waals surface area contributed by atoms with Crippen molar-refractivity contribution in [3.8, 4) is 0 Å². The van der Waals surface area contributed by atoms with Crippen molar-refractivity contribution >= 4 is 18.0 Å². The molecule has 0 heterocycles. The SMILES string of the molecule is CCNC(=O)COC(=O)/C=C/c1ccccc1. The zero-order valence-electron chi connectivity index (χ0n) is 9.68. The molecule has 0 bridgehead atoms. The van der Waals surface area contributed by atoms with E-state index in [4.69, 9.17) is 4.74 Å². The average Bonchev–Trinajstić information content (AvgIpc) is 2.35. The summed E-state index contributed by atoms with van der Waals surface area (Å²) in [5.74, 6) is -0.825. The van der Waals surface area contributed by atoms with Gasteiger partial charge in [0, 0.05) is 12.6 Å². The second kappa shape index (κ2) is 7.22. The second-order valence-corrected chi connectivity index (χ2v) is 3.31. The topological polar surface area (TPSA) is 55.4 Å². The molecule has 0 saturated heterocycles. The van der Waals surface area contributed by atoms with Crippen LogP contribution in [0.4, 0.5) is 0 Å². The molecule has 0 aliphatic rings. The van der Waals surface area contributed by atoms with Crippen molar-refractivity contribution in [3.63, 3.8) is 0 Å². The number of esters is 1. The molecule has 0 spiro atoms. The summed E-state index contributed by atoms with van der Waals surface area (Å²) in [5.41, 5.74) is 0.905. The predicted molar refractivity (Wildman–Crippen MR) is 65.1 cm³/mol. The average molecular weight is 233 g/mol. The minimum absolute atomic E-state index is 0.244. The second-order valence-electron chi connectivity index (χ2n) is 3.31. The molecule has 4 heteroatoms. The van der Waals surface area contributed by atoms with E-state index in [1.807, 2.05) is 30.3 Å². The third-order valence-corrected chi connectivity index (χ3v) is 1.93. The first-order valence-corrected chi connectivity index (χ1v) is 5.39. The molecular weight excluding hydrogens is 218 g/mol. The van der Waals surface area contributed by atoms with E-state index < -0.39 is 5.97 Å². The minimum atomic E-state index is -0.528. The van der Waals surface area contributed by atoms with Gasteiger partial charge in [-0.3, -0.25) is 4.79 Å². The molecule has 1 aromatic carbocycles. The molecule has 0 aromatic heterocycles. The Bertz CT molecular complexity index is 398. The highest BCUT2D eigenvalue weighted by Gasteiger charge is 2.02. The highest BCUT2D eigenvalue weighted by Crippen LogP contribution is 2.00. The molecule has 4 nitrogen and oxygen atoms in total. The number of ether oxygens (including phenoxy) is 1. The van der Waals surface area contributed by atoms with Crippen LogP contribution in [0, 0.1) is 0 Å². The molecule has 0 atom stereocenters. The molecule has 1 aromatic rings. The van der Waals surface area contributed by atoms with Gasteiger partial charge in [-0.1, -0.05) is 30.3 Å². The molecule has 1 N–H and O–H groups in total. The van der Waals surface area contributed by atoms with Crippen molar-refractivity contribution in [2.75, 3.05) is 13.2 Å². The maximum absolute atomic E-state index is 11.2. The Morgan fingerprint density at radius 3 is 2.65 bits per heavy atom. The lowest BCUT2D eigenvalue weighted by atomic mass is 10.2. The van der Waals surface area contributed by atoms with Gasteiger partial charge in [0.2, 0.25) is 0 Å². The Morgan fingerprint density at radius 2 is 2.00 bits per heavy atom. The van der Waals surface area contributed by atoms with Crippen LogP contribution in [0.25, 0.3) is 6.08 Å². The third-order valence-electron chi connectivity index (χ3n) is 1.93. The van der Waals surface area contributed by atoms with E-state index in [2.05, 4.69) is 5.32 Å². The normalized spacial score (nSPS) is 10.2. The lowest BCUT2D eigenvalue weighted by Gasteiger charge is -2.01. The molecule has 0 saturated carbocycles. The minimum Gasteiger partial charge on any atom is -0.452 e. The van der Waals surface area contributed by atoms with Gasteiger partial charge in [-0.05, 0) is 18.6 Å². The maximum atomic E-state index is 11.2. The Balaban J connectivity index is 2.35. The molecule has 1 amide bonds. The Kier molecular flexibility index (Phi) is 5.51. The van der Waals surface area contributed by atoms with Gasteiger partial charge in [-0.25, -0.2) is 4.79 Å². The standard InChI is InChI=1S/C13H15NO3/c1-2-14-12(15)10-17-13(16)9-8-11-6-4-3-5-7-11/h3-9H,2,10H2,1H3,(H,14,15)/b9-8+. The van der Waals surface area contributed by atoms with E-state index in [9.17, 15) is 9.59 Å². The number of carbonyl (C=O) groups excluding carboxylic acids is 2. The van der Waals surface area contributed by atoms with Gasteiger partial charge < -0.3 is 10.1 Å². The van der Waals surface area contributed by atoms with Crippen LogP contribution in [-0.2, 0) is 14.3 Å². The monoisotopic (exact) mass is 233 g/mol. The zero-order chi connectivity index (χ0) is 12.5. The first kappa shape index (κ1) is 13.0. The largest absolute Gasteiger partial charge is 0.452 e. The summed E-state index contributed by atoms with van der Waals surface area (Å²) in [6, 6.07) is 9.38. The Hall–Kier alpha value is -2.10. The van der Waals surface area contributed by atoms with Crippen molar-refractivity contribution in [1.29, 1.82) is 0 Å². The van der Waals surface area contributed by atoms with Crippen LogP contribution >= 0.6 is 0 Å². The summed E-state index contributed by atoms with van der Waals surface area (Å²) in [6.45, 7) is 2.08. The van der Waals surface area contributed by atoms with E-state index in [0.29, 0.717) is 6.54 Å². The summed E-state index contributed by atoms with van der Waals surface area (Å²) in [5, 5.41) is 2.53. The van der Waals surface area contributed by atoms with Gasteiger partial charge in [-0.15, -0.1) is 0 Å². The highest BCUT2D eigenvalue weighted by molar-refractivity contribution is 5.89. The summed E-state index contributed by atoms with van der Waals surface area (Å²) in [4.78, 5) is 22.2. The van der Waals surface area contributed by atoms with Gasteiger partial charge in [-0.2, -0.15) is 0 Å². The quantitative estimate of drug-likeness (QED) is 0.617. The van der Waals surface area contributed by atoms with E-state index in [0.717, 1.165) is 5.56 Å². The van der Waals surface area contributed by atoms with Gasteiger partial charge in [0.25, 0.3) is 5.91 Å². The number of nitrogens with one attached hydrogen (secondary N) is 1. The molecule has 0 aliphatic carbocycles. The molecule has 0 unspecified atom stereocenters. The van der Waals surface area contributed by atoms with Crippen molar-refractivity contribution in [2.24, 2.45) is 0 Å². The zero-order valence-corrected chi connectivity index (χ0v) is 9.68. The maximum Gasteiger partial charge on any atom is 0.331 e. The van der Waals surface area contributed by atoms with E-state index in [1.165, 1.54) is 6.08 Å². The molecule has 90 valence electrons. The predicted octanol–water partition coefficient (Wildman–Crippen LogP) is 1.38. The lowest BCUT2D eigenvalue weighted by molar-refractivity contribution is -0.143. The number of rotatable bonds is 5. The smallest absolute Gasteiger partial charge is 0.331 e. The highest BCUT2D eigenvalue weighted by atomic mass is 16.5. The number of likely N-dealkylation sites (N-methyl/N-ethyl adjacent to an activating group) is 1. The van der Waals surface area contributed by atoms with Gasteiger partial charge in [0.15, 0.2) is 6.61 Å². The molecule has 0 aliphatic heterocycles. The van der Waals surface area contributed by atoms with Crippen LogP contribution in [0.5, 0.6) is 0 Å². The van der Waals surface area contributed by atoms with E-state index >= 15 is 0 Å². The van der Waals surface area contributed by atoms with Crippen LogP contribution < -0.4 is 5.32 Å². The number of amides is 1. The number of benzene rings is 1. The van der Waals surface area contributed by atoms with E-state index in [1.54, 1.807) is 13.0 Å². The van der Waals surface area contributed by atoms with Crippen molar-refractivity contribution in [1.82, 2.24) is 5.32 Å². The van der Waals surface area contributed by atoms with Crippen LogP contribution in [0.2, 0.25) is 0 Å². The molecule has 17 heavy (non-hydrogen) atoms. The molecule has 0 fully saturated rings. The van der Waals surface area contributed by atoms with Crippen molar-refractivity contribution < 1.29 is 14.3 Å². The van der Waals surface area contributed by atoms with Crippen LogP contribution in [-0.4, -0.2) is 25.0 Å². The summed E-state index contributed by atoms with van der Waals surface area (Å²) >= 11 is 0. The number of carbonyl (C=O) groups is 2. The van der Waals surface area contributed by atoms with Crippen molar-refractivity contribution in [2.45, 2.75) is 6.92 Å². The number of hydrogen-bond donors (Lipinski definition) is 1. The first-order chi connectivity index (χ1) is 8.22. The fraction of sp³-hybridized carbons (Fsp3) is 0.231.